The molecule has 1 saturated heterocycles. The lowest BCUT2D eigenvalue weighted by molar-refractivity contribution is 0.160. The van der Waals surface area contributed by atoms with Gasteiger partial charge in [0.05, 0.1) is 8.07 Å². The summed E-state index contributed by atoms with van der Waals surface area (Å²) in [5.41, 5.74) is 0.650. The van der Waals surface area contributed by atoms with Gasteiger partial charge in [-0.15, -0.1) is 0 Å². The van der Waals surface area contributed by atoms with Crippen molar-refractivity contribution in [1.29, 1.82) is 0 Å². The Hall–Kier alpha value is 0.177. The van der Waals surface area contributed by atoms with E-state index in [9.17, 15) is 0 Å². The third kappa shape index (κ3) is 1.80. The van der Waals surface area contributed by atoms with Crippen LogP contribution in [0.15, 0.2) is 0 Å². The van der Waals surface area contributed by atoms with Crippen LogP contribution in [0.2, 0.25) is 19.6 Å². The molecule has 0 radical (unpaired) electrons. The summed E-state index contributed by atoms with van der Waals surface area (Å²) in [5.74, 6) is 0. The van der Waals surface area contributed by atoms with Crippen LogP contribution in [-0.2, 0) is 4.74 Å². The maximum absolute atomic E-state index is 5.58. The largest absolute Gasteiger partial charge is 0.382 e. The maximum Gasteiger partial charge on any atom is 0.0785 e. The van der Waals surface area contributed by atoms with Gasteiger partial charge in [-0.2, -0.15) is 0 Å². The molecule has 0 saturated carbocycles. The summed E-state index contributed by atoms with van der Waals surface area (Å²) >= 11 is 0. The highest BCUT2D eigenvalue weighted by molar-refractivity contribution is 6.77. The minimum atomic E-state index is -0.946. The van der Waals surface area contributed by atoms with E-state index in [0.717, 1.165) is 6.61 Å². The van der Waals surface area contributed by atoms with Gasteiger partial charge >= 0.3 is 0 Å². The molecule has 1 unspecified atom stereocenters. The highest BCUT2D eigenvalue weighted by Gasteiger charge is 2.29. The molecule has 0 bridgehead atoms. The van der Waals surface area contributed by atoms with E-state index >= 15 is 0 Å². The first kappa shape index (κ1) is 7.29. The first-order valence-corrected chi connectivity index (χ1v) is 7.30. The molecule has 1 fully saturated rings. The number of hydrogen-bond acceptors (Lipinski definition) is 1. The van der Waals surface area contributed by atoms with E-state index in [1.165, 1.54) is 12.8 Å². The molecule has 1 heterocycles. The van der Waals surface area contributed by atoms with Gasteiger partial charge in [0.15, 0.2) is 0 Å². The first-order chi connectivity index (χ1) is 4.11. The summed E-state index contributed by atoms with van der Waals surface area (Å²) in [6, 6.07) is 0. The van der Waals surface area contributed by atoms with Crippen LogP contribution in [0.5, 0.6) is 0 Å². The zero-order chi connectivity index (χ0) is 6.91. The standard InChI is InChI=1S/C7H16OSi/c1-9(2,3)7-5-4-6-8-7/h7H,4-6H2,1-3H3. The third-order valence-electron chi connectivity index (χ3n) is 1.90. The molecule has 0 aromatic rings. The summed E-state index contributed by atoms with van der Waals surface area (Å²) in [7, 11) is -0.946. The van der Waals surface area contributed by atoms with Gasteiger partial charge in [-0.25, -0.2) is 0 Å². The van der Waals surface area contributed by atoms with Crippen molar-refractivity contribution < 1.29 is 4.74 Å². The normalized spacial score (nSPS) is 29.0. The Morgan fingerprint density at radius 1 is 1.33 bits per heavy atom. The molecule has 2 heteroatoms. The van der Waals surface area contributed by atoms with Gasteiger partial charge in [0.25, 0.3) is 0 Å². The van der Waals surface area contributed by atoms with Crippen LogP contribution in [0.1, 0.15) is 12.8 Å². The van der Waals surface area contributed by atoms with Crippen molar-refractivity contribution in [1.82, 2.24) is 0 Å². The summed E-state index contributed by atoms with van der Waals surface area (Å²) in [6.45, 7) is 8.14. The van der Waals surface area contributed by atoms with Crippen LogP contribution in [0, 0.1) is 0 Å². The van der Waals surface area contributed by atoms with E-state index in [4.69, 9.17) is 4.74 Å². The van der Waals surface area contributed by atoms with Crippen LogP contribution >= 0.6 is 0 Å². The molecule has 0 aromatic heterocycles. The summed E-state index contributed by atoms with van der Waals surface area (Å²) in [5, 5.41) is 0. The Labute approximate surface area is 58.4 Å². The predicted molar refractivity (Wildman–Crippen MR) is 42.3 cm³/mol. The zero-order valence-corrected chi connectivity index (χ0v) is 7.61. The van der Waals surface area contributed by atoms with Crippen molar-refractivity contribution in [3.8, 4) is 0 Å². The lowest BCUT2D eigenvalue weighted by Gasteiger charge is -2.23. The molecule has 1 nitrogen and oxygen atoms in total. The van der Waals surface area contributed by atoms with E-state index in [1.807, 2.05) is 0 Å². The number of rotatable bonds is 1. The molecule has 0 amide bonds. The van der Waals surface area contributed by atoms with E-state index in [0.29, 0.717) is 5.73 Å². The molecule has 1 aliphatic rings. The van der Waals surface area contributed by atoms with Crippen LogP contribution in [0.25, 0.3) is 0 Å². The van der Waals surface area contributed by atoms with Crippen molar-refractivity contribution in [3.63, 3.8) is 0 Å². The Kier molecular flexibility index (Phi) is 1.96. The zero-order valence-electron chi connectivity index (χ0n) is 6.61. The van der Waals surface area contributed by atoms with Gasteiger partial charge in [0.1, 0.15) is 0 Å². The average Bonchev–Trinajstić information content (AvgIpc) is 2.08. The Morgan fingerprint density at radius 3 is 2.22 bits per heavy atom. The monoisotopic (exact) mass is 144 g/mol. The van der Waals surface area contributed by atoms with Crippen molar-refractivity contribution in [3.05, 3.63) is 0 Å². The molecule has 9 heavy (non-hydrogen) atoms. The second kappa shape index (κ2) is 2.43. The second-order valence-corrected chi connectivity index (χ2v) is 9.24. The minimum Gasteiger partial charge on any atom is -0.382 e. The topological polar surface area (TPSA) is 9.23 Å². The fraction of sp³-hybridized carbons (Fsp3) is 1.00. The van der Waals surface area contributed by atoms with E-state index < -0.39 is 8.07 Å². The first-order valence-electron chi connectivity index (χ1n) is 3.72. The minimum absolute atomic E-state index is 0.650. The van der Waals surface area contributed by atoms with Gasteiger partial charge in [-0.05, 0) is 12.8 Å². The summed E-state index contributed by atoms with van der Waals surface area (Å²) in [4.78, 5) is 0. The van der Waals surface area contributed by atoms with Crippen molar-refractivity contribution in [2.45, 2.75) is 38.2 Å². The van der Waals surface area contributed by atoms with Crippen LogP contribution in [-0.4, -0.2) is 20.4 Å². The van der Waals surface area contributed by atoms with Gasteiger partial charge in [-0.3, -0.25) is 0 Å². The highest BCUT2D eigenvalue weighted by Crippen LogP contribution is 2.21. The van der Waals surface area contributed by atoms with Crippen LogP contribution in [0.3, 0.4) is 0 Å². The van der Waals surface area contributed by atoms with Crippen molar-refractivity contribution in [2.24, 2.45) is 0 Å². The van der Waals surface area contributed by atoms with Gasteiger partial charge in [-0.1, -0.05) is 19.6 Å². The Morgan fingerprint density at radius 2 is 2.00 bits per heavy atom. The molecule has 1 rings (SSSR count). The molecule has 1 atom stereocenters. The maximum atomic E-state index is 5.58. The average molecular weight is 144 g/mol. The van der Waals surface area contributed by atoms with E-state index in [1.54, 1.807) is 0 Å². The van der Waals surface area contributed by atoms with Gasteiger partial charge < -0.3 is 4.74 Å². The molecule has 0 N–H and O–H groups in total. The van der Waals surface area contributed by atoms with E-state index in [-0.39, 0.29) is 0 Å². The van der Waals surface area contributed by atoms with Crippen molar-refractivity contribution >= 4 is 8.07 Å². The van der Waals surface area contributed by atoms with Gasteiger partial charge in [0, 0.05) is 12.3 Å². The highest BCUT2D eigenvalue weighted by atomic mass is 28.3. The summed E-state index contributed by atoms with van der Waals surface area (Å²) < 4.78 is 5.58. The molecule has 54 valence electrons. The molecular weight excluding hydrogens is 128 g/mol. The van der Waals surface area contributed by atoms with Crippen LogP contribution in [0.4, 0.5) is 0 Å². The fourth-order valence-electron chi connectivity index (χ4n) is 1.26. The Balaban J connectivity index is 2.42. The SMILES string of the molecule is C[Si](C)(C)C1CCCO1. The molecule has 0 spiro atoms. The lowest BCUT2D eigenvalue weighted by Crippen LogP contribution is -2.37. The molecular formula is C7H16OSi. The number of ether oxygens (including phenoxy) is 1. The predicted octanol–water partition coefficient (Wildman–Crippen LogP) is 2.04. The van der Waals surface area contributed by atoms with Gasteiger partial charge in [0.2, 0.25) is 0 Å². The lowest BCUT2D eigenvalue weighted by atomic mass is 10.4. The molecule has 0 aromatic carbocycles. The molecule has 1 aliphatic heterocycles. The number of hydrogen-bond donors (Lipinski definition) is 0. The Bertz CT molecular complexity index is 89.6. The van der Waals surface area contributed by atoms with Crippen LogP contribution < -0.4 is 0 Å². The quantitative estimate of drug-likeness (QED) is 0.512. The van der Waals surface area contributed by atoms with Crippen molar-refractivity contribution in [2.75, 3.05) is 6.61 Å². The van der Waals surface area contributed by atoms with E-state index in [2.05, 4.69) is 19.6 Å². The molecule has 0 aliphatic carbocycles. The summed E-state index contributed by atoms with van der Waals surface area (Å²) in [6.07, 6.45) is 2.60. The third-order valence-corrected chi connectivity index (χ3v) is 4.28. The second-order valence-electron chi connectivity index (χ2n) is 3.87. The fourth-order valence-corrected chi connectivity index (χ4v) is 2.95. The smallest absolute Gasteiger partial charge is 0.0785 e.